The molecule has 1 amide bonds. The summed E-state index contributed by atoms with van der Waals surface area (Å²) >= 11 is 0. The maximum Gasteiger partial charge on any atom is 0.261 e. The fourth-order valence-corrected chi connectivity index (χ4v) is 8.39. The molecule has 3 saturated heterocycles. The molecule has 3 aliphatic heterocycles. The molecule has 3 aromatic rings. The van der Waals surface area contributed by atoms with Gasteiger partial charge >= 0.3 is 0 Å². The summed E-state index contributed by atoms with van der Waals surface area (Å²) in [6, 6.07) is 3.55. The van der Waals surface area contributed by atoms with Gasteiger partial charge in [-0.2, -0.15) is 0 Å². The number of aryl methyl sites for hydroxylation is 1. The van der Waals surface area contributed by atoms with Gasteiger partial charge in [0.15, 0.2) is 17.5 Å². The molecule has 0 unspecified atom stereocenters. The first-order valence-corrected chi connectivity index (χ1v) is 18.4. The Bertz CT molecular complexity index is 1720. The van der Waals surface area contributed by atoms with Crippen molar-refractivity contribution in [1.82, 2.24) is 29.5 Å². The van der Waals surface area contributed by atoms with Crippen molar-refractivity contribution in [3.05, 3.63) is 54.3 Å². The van der Waals surface area contributed by atoms with Crippen LogP contribution in [-0.4, -0.2) is 103 Å². The number of likely N-dealkylation sites (tertiary alicyclic amines) is 1. The van der Waals surface area contributed by atoms with Crippen LogP contribution in [0.15, 0.2) is 46.4 Å². The number of carbonyl (C=O) groups is 1. The number of ether oxygens (including phenoxy) is 2. The van der Waals surface area contributed by atoms with Gasteiger partial charge < -0.3 is 28.6 Å². The summed E-state index contributed by atoms with van der Waals surface area (Å²) < 4.78 is 59.7. The molecule has 0 radical (unpaired) electrons. The minimum atomic E-state index is -3.75. The molecule has 13 nitrogen and oxygen atoms in total. The van der Waals surface area contributed by atoms with E-state index in [1.54, 1.807) is 18.0 Å². The third-order valence-electron chi connectivity index (χ3n) is 9.69. The van der Waals surface area contributed by atoms with E-state index in [1.165, 1.54) is 24.5 Å². The Labute approximate surface area is 287 Å². The van der Waals surface area contributed by atoms with E-state index in [1.807, 2.05) is 27.7 Å². The molecule has 1 spiro atoms. The van der Waals surface area contributed by atoms with Crippen LogP contribution in [0.2, 0.25) is 0 Å². The first kappa shape index (κ1) is 35.2. The lowest BCUT2D eigenvalue weighted by Crippen LogP contribution is -2.61. The van der Waals surface area contributed by atoms with Gasteiger partial charge in [0.1, 0.15) is 24.2 Å². The van der Waals surface area contributed by atoms with Crippen molar-refractivity contribution >= 4 is 21.7 Å². The van der Waals surface area contributed by atoms with E-state index in [-0.39, 0.29) is 51.9 Å². The summed E-state index contributed by atoms with van der Waals surface area (Å²) in [6.45, 7) is 14.0. The topological polar surface area (TPSA) is 143 Å². The molecule has 6 rings (SSSR count). The third kappa shape index (κ3) is 7.89. The zero-order valence-corrected chi connectivity index (χ0v) is 29.6. The van der Waals surface area contributed by atoms with Crippen molar-refractivity contribution in [3.8, 4) is 11.5 Å². The van der Waals surface area contributed by atoms with Crippen molar-refractivity contribution in [2.75, 3.05) is 44.2 Å². The zero-order valence-electron chi connectivity index (χ0n) is 28.8. The summed E-state index contributed by atoms with van der Waals surface area (Å²) in [5.41, 5.74) is 0.325. The second-order valence-corrected chi connectivity index (χ2v) is 15.7. The lowest BCUT2D eigenvalue weighted by atomic mass is 9.72. The predicted octanol–water partition coefficient (Wildman–Crippen LogP) is 4.39. The van der Waals surface area contributed by atoms with Crippen LogP contribution >= 0.6 is 0 Å². The number of hydrogen-bond acceptors (Lipinski definition) is 11. The molecule has 15 heteroatoms. The Kier molecular flexibility index (Phi) is 10.3. The highest BCUT2D eigenvalue weighted by Gasteiger charge is 2.46. The summed E-state index contributed by atoms with van der Waals surface area (Å²) in [5.74, 6) is 0.822. The van der Waals surface area contributed by atoms with Gasteiger partial charge in [0.2, 0.25) is 5.03 Å². The van der Waals surface area contributed by atoms with E-state index >= 15 is 0 Å². The smallest absolute Gasteiger partial charge is 0.261 e. The minimum absolute atomic E-state index is 0.0547. The quantitative estimate of drug-likeness (QED) is 0.305. The highest BCUT2D eigenvalue weighted by atomic mass is 32.2. The molecule has 49 heavy (non-hydrogen) atoms. The Balaban J connectivity index is 1.01. The molecule has 1 aromatic carbocycles. The Hall–Kier alpha value is -3.66. The van der Waals surface area contributed by atoms with Crippen LogP contribution in [0.4, 0.5) is 10.2 Å². The number of sulfonamides is 1. The average Bonchev–Trinajstić information content (AvgIpc) is 3.49. The van der Waals surface area contributed by atoms with Crippen molar-refractivity contribution in [1.29, 1.82) is 0 Å². The van der Waals surface area contributed by atoms with Gasteiger partial charge in [-0.05, 0) is 84.7 Å². The van der Waals surface area contributed by atoms with E-state index in [0.29, 0.717) is 30.5 Å². The molecule has 0 aliphatic carbocycles. The van der Waals surface area contributed by atoms with E-state index in [2.05, 4.69) is 29.5 Å². The van der Waals surface area contributed by atoms with Gasteiger partial charge in [0.25, 0.3) is 15.9 Å². The minimum Gasteiger partial charge on any atom is -0.451 e. The summed E-state index contributed by atoms with van der Waals surface area (Å²) in [6.07, 6.45) is 7.81. The number of amides is 1. The molecule has 3 fully saturated rings. The summed E-state index contributed by atoms with van der Waals surface area (Å²) in [5, 5.41) is -0.110. The van der Waals surface area contributed by atoms with Gasteiger partial charge in [-0.15, -0.1) is 0 Å². The lowest BCUT2D eigenvalue weighted by molar-refractivity contribution is -0.0299. The van der Waals surface area contributed by atoms with Crippen LogP contribution in [-0.2, 0) is 14.8 Å². The number of hydrogen-bond donors (Lipinski definition) is 1. The standard InChI is InChI=1S/C34H46FN7O6S/c1-22(2)42(23(3)4)33(43)28-14-25(35)6-9-29(28)48-30-15-36-21-37-32(30)41-19-34(20-41)10-12-40(13-11-34)16-27-8-7-26(17-47-27)39-49(44,45)31-18-46-24(5)38-31/h6,9,14-15,18,21-23,26-27,39H,7-8,10-13,16-17,19-20H2,1-5H3/t26-,27+/m1/s1. The first-order chi connectivity index (χ1) is 23.3. The highest BCUT2D eigenvalue weighted by Crippen LogP contribution is 2.45. The fourth-order valence-electron chi connectivity index (χ4n) is 7.22. The van der Waals surface area contributed by atoms with Gasteiger partial charge in [-0.3, -0.25) is 4.79 Å². The first-order valence-electron chi connectivity index (χ1n) is 17.0. The number of oxazole rings is 1. The molecule has 2 atom stereocenters. The summed E-state index contributed by atoms with van der Waals surface area (Å²) in [7, 11) is -3.75. The number of piperidine rings is 1. The highest BCUT2D eigenvalue weighted by molar-refractivity contribution is 7.89. The van der Waals surface area contributed by atoms with Crippen LogP contribution < -0.4 is 14.4 Å². The molecule has 3 aliphatic rings. The number of halogens is 1. The molecular formula is C34H46FN7O6S. The third-order valence-corrected chi connectivity index (χ3v) is 11.1. The largest absolute Gasteiger partial charge is 0.451 e. The number of rotatable bonds is 11. The molecular weight excluding hydrogens is 653 g/mol. The lowest BCUT2D eigenvalue weighted by Gasteiger charge is -2.54. The fraction of sp³-hybridized carbons (Fsp3) is 0.588. The second-order valence-electron chi connectivity index (χ2n) is 14.1. The molecule has 0 bridgehead atoms. The summed E-state index contributed by atoms with van der Waals surface area (Å²) in [4.78, 5) is 32.5. The normalized spacial score (nSPS) is 21.3. The number of nitrogens with one attached hydrogen (secondary N) is 1. The van der Waals surface area contributed by atoms with E-state index < -0.39 is 15.8 Å². The van der Waals surface area contributed by atoms with E-state index in [0.717, 1.165) is 58.2 Å². The number of benzene rings is 1. The Morgan fingerprint density at radius 2 is 1.88 bits per heavy atom. The van der Waals surface area contributed by atoms with Crippen LogP contribution in [0.5, 0.6) is 11.5 Å². The Morgan fingerprint density at radius 1 is 1.14 bits per heavy atom. The Morgan fingerprint density at radius 3 is 2.51 bits per heavy atom. The molecule has 2 aromatic heterocycles. The maximum atomic E-state index is 14.4. The zero-order chi connectivity index (χ0) is 34.9. The number of carbonyl (C=O) groups excluding carboxylic acids is 1. The SMILES string of the molecule is Cc1nc(S(=O)(=O)N[C@@H]2CC[C@@H](CN3CCC4(CC3)CN(c3ncncc3Oc3ccc(F)cc3C(=O)N(C(C)C)C(C)C)C4)OC2)co1. The molecule has 0 saturated carbocycles. The van der Waals surface area contributed by atoms with Crippen LogP contribution in [0.25, 0.3) is 0 Å². The van der Waals surface area contributed by atoms with Crippen molar-refractivity contribution in [2.24, 2.45) is 5.41 Å². The molecule has 1 N–H and O–H groups in total. The average molecular weight is 700 g/mol. The number of anilines is 1. The number of nitrogens with zero attached hydrogens (tertiary/aromatic N) is 6. The monoisotopic (exact) mass is 699 g/mol. The maximum absolute atomic E-state index is 14.4. The predicted molar refractivity (Wildman–Crippen MR) is 180 cm³/mol. The van der Waals surface area contributed by atoms with Crippen LogP contribution in [0.3, 0.4) is 0 Å². The van der Waals surface area contributed by atoms with Crippen molar-refractivity contribution < 1.29 is 31.5 Å². The van der Waals surface area contributed by atoms with Crippen molar-refractivity contribution in [3.63, 3.8) is 0 Å². The van der Waals surface area contributed by atoms with Gasteiger partial charge in [0.05, 0.1) is 24.5 Å². The second kappa shape index (κ2) is 14.3. The van der Waals surface area contributed by atoms with Crippen LogP contribution in [0, 0.1) is 18.2 Å². The molecule has 5 heterocycles. The molecule has 266 valence electrons. The van der Waals surface area contributed by atoms with Crippen LogP contribution in [0.1, 0.15) is 69.6 Å². The van der Waals surface area contributed by atoms with Gasteiger partial charge in [-0.1, -0.05) is 0 Å². The van der Waals surface area contributed by atoms with E-state index in [9.17, 15) is 17.6 Å². The number of aromatic nitrogens is 3. The van der Waals surface area contributed by atoms with Gasteiger partial charge in [0, 0.05) is 50.1 Å². The van der Waals surface area contributed by atoms with Gasteiger partial charge in [-0.25, -0.2) is 32.5 Å². The van der Waals surface area contributed by atoms with E-state index in [4.69, 9.17) is 13.9 Å². The van der Waals surface area contributed by atoms with Crippen molar-refractivity contribution in [2.45, 2.75) is 89.6 Å².